The molecule has 2 nitrogen and oxygen atoms in total. The van der Waals surface area contributed by atoms with Crippen molar-refractivity contribution in [2.75, 3.05) is 13.2 Å². The summed E-state index contributed by atoms with van der Waals surface area (Å²) in [5, 5.41) is 9.27. The third kappa shape index (κ3) is 2.40. The van der Waals surface area contributed by atoms with Gasteiger partial charge in [-0.15, -0.1) is 0 Å². The summed E-state index contributed by atoms with van der Waals surface area (Å²) in [4.78, 5) is 0. The zero-order chi connectivity index (χ0) is 11.4. The molecule has 0 aromatic heterocycles. The maximum atomic E-state index is 13.0. The van der Waals surface area contributed by atoms with Crippen LogP contribution in [0.3, 0.4) is 0 Å². The molecule has 1 aromatic rings. The van der Waals surface area contributed by atoms with E-state index in [0.717, 1.165) is 18.4 Å². The molecular weight excluding hydrogens is 205 g/mol. The summed E-state index contributed by atoms with van der Waals surface area (Å²) < 4.78 is 18.3. The molecule has 3 heteroatoms. The van der Waals surface area contributed by atoms with Crippen LogP contribution in [0.5, 0.6) is 0 Å². The third-order valence-corrected chi connectivity index (χ3v) is 3.12. The maximum absolute atomic E-state index is 13.0. The Bertz CT molecular complexity index is 405. The van der Waals surface area contributed by atoms with Gasteiger partial charge in [-0.1, -0.05) is 12.1 Å². The molecule has 0 N–H and O–H groups in total. The van der Waals surface area contributed by atoms with Crippen LogP contribution in [-0.2, 0) is 11.2 Å². The highest BCUT2D eigenvalue weighted by molar-refractivity contribution is 5.20. The number of rotatable bonds is 2. The highest BCUT2D eigenvalue weighted by atomic mass is 19.1. The van der Waals surface area contributed by atoms with Gasteiger partial charge < -0.3 is 4.74 Å². The van der Waals surface area contributed by atoms with Crippen molar-refractivity contribution in [1.82, 2.24) is 0 Å². The molecule has 0 bridgehead atoms. The topological polar surface area (TPSA) is 33.0 Å². The fourth-order valence-electron chi connectivity index (χ4n) is 2.13. The first-order valence-electron chi connectivity index (χ1n) is 5.48. The quantitative estimate of drug-likeness (QED) is 0.766. The van der Waals surface area contributed by atoms with Gasteiger partial charge in [-0.25, -0.2) is 4.39 Å². The number of benzene rings is 1. The monoisotopic (exact) mass is 219 g/mol. The van der Waals surface area contributed by atoms with Crippen LogP contribution < -0.4 is 0 Å². The lowest BCUT2D eigenvalue weighted by Crippen LogP contribution is -2.30. The van der Waals surface area contributed by atoms with Crippen molar-refractivity contribution in [1.29, 1.82) is 5.26 Å². The van der Waals surface area contributed by atoms with Gasteiger partial charge in [-0.2, -0.15) is 5.26 Å². The van der Waals surface area contributed by atoms with Crippen LogP contribution in [0.15, 0.2) is 24.3 Å². The summed E-state index contributed by atoms with van der Waals surface area (Å²) in [6, 6.07) is 8.88. The number of hydrogen-bond acceptors (Lipinski definition) is 2. The minimum Gasteiger partial charge on any atom is -0.381 e. The SMILES string of the molecule is N#CC1(Cc2cccc(F)c2)CCOCC1. The van der Waals surface area contributed by atoms with E-state index in [-0.39, 0.29) is 11.2 Å². The summed E-state index contributed by atoms with van der Waals surface area (Å²) in [5.74, 6) is -0.238. The predicted octanol–water partition coefficient (Wildman–Crippen LogP) is 2.69. The number of nitrogens with zero attached hydrogens (tertiary/aromatic N) is 1. The minimum atomic E-state index is -0.369. The summed E-state index contributed by atoms with van der Waals surface area (Å²) in [7, 11) is 0. The molecule has 1 aliphatic heterocycles. The Morgan fingerprint density at radius 2 is 2.12 bits per heavy atom. The lowest BCUT2D eigenvalue weighted by atomic mass is 9.76. The summed E-state index contributed by atoms with van der Waals surface area (Å²) in [5.41, 5.74) is 0.523. The molecule has 0 aliphatic carbocycles. The number of hydrogen-bond donors (Lipinski definition) is 0. The fourth-order valence-corrected chi connectivity index (χ4v) is 2.13. The molecule has 0 saturated carbocycles. The molecule has 0 amide bonds. The van der Waals surface area contributed by atoms with E-state index in [0.29, 0.717) is 19.6 Å². The van der Waals surface area contributed by atoms with E-state index in [2.05, 4.69) is 6.07 Å². The van der Waals surface area contributed by atoms with Crippen LogP contribution >= 0.6 is 0 Å². The highest BCUT2D eigenvalue weighted by Crippen LogP contribution is 2.33. The molecule has 1 aromatic carbocycles. The standard InChI is InChI=1S/C13H14FNO/c14-12-3-1-2-11(8-12)9-13(10-15)4-6-16-7-5-13/h1-3,8H,4-7,9H2. The normalized spacial score (nSPS) is 19.0. The Morgan fingerprint density at radius 1 is 1.38 bits per heavy atom. The van der Waals surface area contributed by atoms with E-state index >= 15 is 0 Å². The van der Waals surface area contributed by atoms with Gasteiger partial charge in [-0.05, 0) is 37.0 Å². The van der Waals surface area contributed by atoms with Gasteiger partial charge in [0.05, 0.1) is 11.5 Å². The molecule has 1 saturated heterocycles. The van der Waals surface area contributed by atoms with Crippen molar-refractivity contribution in [2.24, 2.45) is 5.41 Å². The number of nitriles is 1. The molecular formula is C13H14FNO. The number of ether oxygens (including phenoxy) is 1. The lowest BCUT2D eigenvalue weighted by molar-refractivity contribution is 0.0406. The van der Waals surface area contributed by atoms with Crippen LogP contribution in [0.2, 0.25) is 0 Å². The molecule has 0 unspecified atom stereocenters. The largest absolute Gasteiger partial charge is 0.381 e. The summed E-state index contributed by atoms with van der Waals surface area (Å²) in [6.07, 6.45) is 2.09. The van der Waals surface area contributed by atoms with Crippen LogP contribution in [0.25, 0.3) is 0 Å². The number of halogens is 1. The Morgan fingerprint density at radius 3 is 2.75 bits per heavy atom. The van der Waals surface area contributed by atoms with Crippen molar-refractivity contribution < 1.29 is 9.13 Å². The van der Waals surface area contributed by atoms with Crippen LogP contribution in [0.1, 0.15) is 18.4 Å². The van der Waals surface area contributed by atoms with Gasteiger partial charge in [0.1, 0.15) is 5.82 Å². The molecule has 0 spiro atoms. The second-order valence-corrected chi connectivity index (χ2v) is 4.31. The van der Waals surface area contributed by atoms with Crippen molar-refractivity contribution in [3.63, 3.8) is 0 Å². The Labute approximate surface area is 94.7 Å². The molecule has 84 valence electrons. The van der Waals surface area contributed by atoms with Crippen molar-refractivity contribution in [3.05, 3.63) is 35.6 Å². The first-order chi connectivity index (χ1) is 7.74. The molecule has 2 rings (SSSR count). The molecule has 0 atom stereocenters. The second kappa shape index (κ2) is 4.63. The summed E-state index contributed by atoms with van der Waals surface area (Å²) in [6.45, 7) is 1.26. The first kappa shape index (κ1) is 11.1. The van der Waals surface area contributed by atoms with Crippen molar-refractivity contribution in [3.8, 4) is 6.07 Å². The van der Waals surface area contributed by atoms with Gasteiger partial charge in [0.2, 0.25) is 0 Å². The van der Waals surface area contributed by atoms with Crippen molar-refractivity contribution in [2.45, 2.75) is 19.3 Å². The smallest absolute Gasteiger partial charge is 0.123 e. The van der Waals surface area contributed by atoms with Gasteiger partial charge in [0.15, 0.2) is 0 Å². The van der Waals surface area contributed by atoms with Gasteiger partial charge >= 0.3 is 0 Å². The Hall–Kier alpha value is -1.40. The van der Waals surface area contributed by atoms with Gasteiger partial charge in [0, 0.05) is 13.2 Å². The van der Waals surface area contributed by atoms with E-state index in [9.17, 15) is 9.65 Å². The van der Waals surface area contributed by atoms with Crippen LogP contribution in [-0.4, -0.2) is 13.2 Å². The molecule has 1 heterocycles. The molecule has 1 aliphatic rings. The molecule has 0 radical (unpaired) electrons. The van der Waals surface area contributed by atoms with E-state index in [1.165, 1.54) is 12.1 Å². The Kier molecular flexibility index (Phi) is 3.21. The van der Waals surface area contributed by atoms with Gasteiger partial charge in [0.25, 0.3) is 0 Å². The zero-order valence-corrected chi connectivity index (χ0v) is 9.08. The fraction of sp³-hybridized carbons (Fsp3) is 0.462. The van der Waals surface area contributed by atoms with Crippen LogP contribution in [0, 0.1) is 22.6 Å². The van der Waals surface area contributed by atoms with Crippen molar-refractivity contribution >= 4 is 0 Å². The predicted molar refractivity (Wildman–Crippen MR) is 58.2 cm³/mol. The first-order valence-corrected chi connectivity index (χ1v) is 5.48. The Balaban J connectivity index is 2.15. The van der Waals surface area contributed by atoms with E-state index in [1.54, 1.807) is 6.07 Å². The second-order valence-electron chi connectivity index (χ2n) is 4.31. The van der Waals surface area contributed by atoms with E-state index in [4.69, 9.17) is 4.74 Å². The van der Waals surface area contributed by atoms with E-state index < -0.39 is 0 Å². The zero-order valence-electron chi connectivity index (χ0n) is 9.08. The average Bonchev–Trinajstić information content (AvgIpc) is 2.30. The third-order valence-electron chi connectivity index (χ3n) is 3.12. The van der Waals surface area contributed by atoms with Gasteiger partial charge in [-0.3, -0.25) is 0 Å². The van der Waals surface area contributed by atoms with E-state index in [1.807, 2.05) is 6.07 Å². The highest BCUT2D eigenvalue weighted by Gasteiger charge is 2.32. The van der Waals surface area contributed by atoms with Crippen LogP contribution in [0.4, 0.5) is 4.39 Å². The lowest BCUT2D eigenvalue weighted by Gasteiger charge is -2.30. The maximum Gasteiger partial charge on any atom is 0.123 e. The summed E-state index contributed by atoms with van der Waals surface area (Å²) >= 11 is 0. The minimum absolute atomic E-state index is 0.238. The molecule has 16 heavy (non-hydrogen) atoms. The molecule has 1 fully saturated rings. The average molecular weight is 219 g/mol.